The smallest absolute Gasteiger partial charge is 0.00448 e. The van der Waals surface area contributed by atoms with Gasteiger partial charge in [0.15, 0.2) is 0 Å². The van der Waals surface area contributed by atoms with Gasteiger partial charge in [-0.05, 0) is 37.7 Å². The third-order valence-corrected chi connectivity index (χ3v) is 3.02. The van der Waals surface area contributed by atoms with Crippen LogP contribution in [-0.2, 0) is 0 Å². The average molecular weight is 175 g/mol. The molecule has 0 aliphatic heterocycles. The van der Waals surface area contributed by atoms with Crippen LogP contribution in [0.3, 0.4) is 0 Å². The van der Waals surface area contributed by atoms with Crippen molar-refractivity contribution in [3.8, 4) is 0 Å². The lowest BCUT2D eigenvalue weighted by Crippen LogP contribution is -2.14. The Hall–Kier alpha value is -0.820. The van der Waals surface area contributed by atoms with Crippen LogP contribution in [-0.4, -0.2) is 6.04 Å². The fourth-order valence-electron chi connectivity index (χ4n) is 2.16. The van der Waals surface area contributed by atoms with Gasteiger partial charge in [-0.3, -0.25) is 0 Å². The van der Waals surface area contributed by atoms with Gasteiger partial charge < -0.3 is 5.73 Å². The van der Waals surface area contributed by atoms with E-state index in [4.69, 9.17) is 5.73 Å². The van der Waals surface area contributed by atoms with E-state index in [1.54, 1.807) is 0 Å². The van der Waals surface area contributed by atoms with Crippen LogP contribution >= 0.6 is 0 Å². The Labute approximate surface area is 80.0 Å². The quantitative estimate of drug-likeness (QED) is 0.697. The van der Waals surface area contributed by atoms with Crippen molar-refractivity contribution in [2.75, 3.05) is 0 Å². The highest BCUT2D eigenvalue weighted by Gasteiger charge is 2.22. The van der Waals surface area contributed by atoms with E-state index < -0.39 is 0 Å². The van der Waals surface area contributed by atoms with Gasteiger partial charge in [0.05, 0.1) is 0 Å². The first-order valence-corrected chi connectivity index (χ1v) is 5.08. The molecule has 0 saturated heterocycles. The minimum atomic E-state index is 0.436. The molecule has 2 N–H and O–H groups in total. The topological polar surface area (TPSA) is 26.0 Å². The Morgan fingerprint density at radius 2 is 1.85 bits per heavy atom. The van der Waals surface area contributed by atoms with E-state index in [1.165, 1.54) is 30.4 Å². The highest BCUT2D eigenvalue weighted by atomic mass is 14.6. The maximum atomic E-state index is 5.89. The summed E-state index contributed by atoms with van der Waals surface area (Å²) < 4.78 is 0. The summed E-state index contributed by atoms with van der Waals surface area (Å²) in [6.07, 6.45) is 3.63. The molecule has 1 aliphatic rings. The molecule has 0 aromatic heterocycles. The van der Waals surface area contributed by atoms with E-state index in [9.17, 15) is 0 Å². The van der Waals surface area contributed by atoms with Crippen molar-refractivity contribution < 1.29 is 0 Å². The Morgan fingerprint density at radius 1 is 1.15 bits per heavy atom. The van der Waals surface area contributed by atoms with Crippen molar-refractivity contribution >= 4 is 0 Å². The fourth-order valence-corrected chi connectivity index (χ4v) is 2.16. The molecule has 1 nitrogen and oxygen atoms in total. The number of nitrogens with two attached hydrogens (primary N) is 1. The third-order valence-electron chi connectivity index (χ3n) is 3.02. The Morgan fingerprint density at radius 3 is 2.38 bits per heavy atom. The molecule has 0 radical (unpaired) electrons. The fraction of sp³-hybridized carbons (Fsp3) is 0.500. The highest BCUT2D eigenvalue weighted by Crippen LogP contribution is 2.33. The van der Waals surface area contributed by atoms with E-state index in [0.29, 0.717) is 6.04 Å². The monoisotopic (exact) mass is 175 g/mol. The molecule has 1 fully saturated rings. The van der Waals surface area contributed by atoms with Crippen LogP contribution in [0.1, 0.15) is 36.3 Å². The van der Waals surface area contributed by atoms with Gasteiger partial charge in [-0.15, -0.1) is 0 Å². The molecule has 1 aliphatic carbocycles. The van der Waals surface area contributed by atoms with Crippen molar-refractivity contribution in [1.29, 1.82) is 0 Å². The van der Waals surface area contributed by atoms with Crippen LogP contribution in [0.5, 0.6) is 0 Å². The molecule has 0 heterocycles. The van der Waals surface area contributed by atoms with Gasteiger partial charge in [0, 0.05) is 6.04 Å². The first kappa shape index (κ1) is 8.76. The first-order chi connectivity index (χ1) is 6.25. The standard InChI is InChI=1S/C12H17N/c1-9-2-4-10(5-3-9)11-6-7-12(13)8-11/h2-5,11-12H,6-8,13H2,1H3/t11?,12-/m0/s1. The molecule has 70 valence electrons. The van der Waals surface area contributed by atoms with Gasteiger partial charge >= 0.3 is 0 Å². The summed E-state index contributed by atoms with van der Waals surface area (Å²) in [5.74, 6) is 0.718. The highest BCUT2D eigenvalue weighted by molar-refractivity contribution is 5.25. The lowest BCUT2D eigenvalue weighted by Gasteiger charge is -2.09. The van der Waals surface area contributed by atoms with E-state index >= 15 is 0 Å². The largest absolute Gasteiger partial charge is 0.328 e. The van der Waals surface area contributed by atoms with Gasteiger partial charge in [0.25, 0.3) is 0 Å². The number of hydrogen-bond acceptors (Lipinski definition) is 1. The summed E-state index contributed by atoms with van der Waals surface area (Å²) in [7, 11) is 0. The van der Waals surface area contributed by atoms with Gasteiger partial charge in [0.1, 0.15) is 0 Å². The first-order valence-electron chi connectivity index (χ1n) is 5.08. The minimum absolute atomic E-state index is 0.436. The van der Waals surface area contributed by atoms with Crippen molar-refractivity contribution in [3.63, 3.8) is 0 Å². The van der Waals surface area contributed by atoms with Crippen LogP contribution < -0.4 is 5.73 Å². The molecule has 0 spiro atoms. The zero-order valence-corrected chi connectivity index (χ0v) is 8.16. The Kier molecular flexibility index (Phi) is 2.36. The molecule has 1 unspecified atom stereocenters. The number of aryl methyl sites for hydroxylation is 1. The summed E-state index contributed by atoms with van der Waals surface area (Å²) in [4.78, 5) is 0. The average Bonchev–Trinajstić information content (AvgIpc) is 2.53. The predicted molar refractivity (Wildman–Crippen MR) is 55.7 cm³/mol. The molecule has 1 heteroatoms. The predicted octanol–water partition coefficient (Wildman–Crippen LogP) is 2.59. The van der Waals surface area contributed by atoms with Gasteiger partial charge in [-0.25, -0.2) is 0 Å². The van der Waals surface area contributed by atoms with Crippen molar-refractivity contribution in [3.05, 3.63) is 35.4 Å². The minimum Gasteiger partial charge on any atom is -0.328 e. The number of benzene rings is 1. The lowest BCUT2D eigenvalue weighted by molar-refractivity contribution is 0.674. The zero-order chi connectivity index (χ0) is 9.26. The van der Waals surface area contributed by atoms with E-state index in [0.717, 1.165) is 5.92 Å². The summed E-state index contributed by atoms with van der Waals surface area (Å²) in [6.45, 7) is 2.13. The molecule has 2 atom stereocenters. The number of rotatable bonds is 1. The Bertz CT molecular complexity index is 276. The second-order valence-electron chi connectivity index (χ2n) is 4.18. The maximum absolute atomic E-state index is 5.89. The van der Waals surface area contributed by atoms with E-state index in [-0.39, 0.29) is 0 Å². The van der Waals surface area contributed by atoms with Crippen molar-refractivity contribution in [2.24, 2.45) is 5.73 Å². The van der Waals surface area contributed by atoms with Crippen LogP contribution in [0.15, 0.2) is 24.3 Å². The normalized spacial score (nSPS) is 27.8. The van der Waals surface area contributed by atoms with Crippen LogP contribution in [0.2, 0.25) is 0 Å². The molecule has 13 heavy (non-hydrogen) atoms. The second-order valence-corrected chi connectivity index (χ2v) is 4.18. The molecule has 0 amide bonds. The van der Waals surface area contributed by atoms with Crippen LogP contribution in [0.25, 0.3) is 0 Å². The van der Waals surface area contributed by atoms with Gasteiger partial charge in [0.2, 0.25) is 0 Å². The molecule has 0 bridgehead atoms. The van der Waals surface area contributed by atoms with E-state index in [1.807, 2.05) is 0 Å². The molecule has 1 aromatic carbocycles. The maximum Gasteiger partial charge on any atom is 0.00448 e. The summed E-state index contributed by atoms with van der Waals surface area (Å²) in [5, 5.41) is 0. The molecule has 1 saturated carbocycles. The summed E-state index contributed by atoms with van der Waals surface area (Å²) in [6, 6.07) is 9.32. The number of hydrogen-bond donors (Lipinski definition) is 1. The van der Waals surface area contributed by atoms with Crippen molar-refractivity contribution in [1.82, 2.24) is 0 Å². The van der Waals surface area contributed by atoms with Crippen LogP contribution in [0.4, 0.5) is 0 Å². The van der Waals surface area contributed by atoms with Gasteiger partial charge in [-0.2, -0.15) is 0 Å². The SMILES string of the molecule is Cc1ccc(C2CC[C@H](N)C2)cc1. The van der Waals surface area contributed by atoms with Crippen LogP contribution in [0, 0.1) is 6.92 Å². The molecule has 2 rings (SSSR count). The van der Waals surface area contributed by atoms with E-state index in [2.05, 4.69) is 31.2 Å². The second kappa shape index (κ2) is 3.51. The zero-order valence-electron chi connectivity index (χ0n) is 8.16. The summed E-state index contributed by atoms with van der Waals surface area (Å²) >= 11 is 0. The molecular weight excluding hydrogens is 158 g/mol. The molecular formula is C12H17N. The van der Waals surface area contributed by atoms with Crippen molar-refractivity contribution in [2.45, 2.75) is 38.1 Å². The third kappa shape index (κ3) is 1.92. The summed E-state index contributed by atoms with van der Waals surface area (Å²) in [5.41, 5.74) is 8.70. The Balaban J connectivity index is 2.13. The van der Waals surface area contributed by atoms with Gasteiger partial charge in [-0.1, -0.05) is 29.8 Å². The lowest BCUT2D eigenvalue weighted by atomic mass is 9.97. The molecule has 1 aromatic rings.